The Morgan fingerprint density at radius 2 is 2.33 bits per heavy atom. The fraction of sp³-hybridized carbons (Fsp3) is 0.562. The average molecular weight is 293 g/mol. The van der Waals surface area contributed by atoms with Gasteiger partial charge in [-0.25, -0.2) is 4.39 Å². The van der Waals surface area contributed by atoms with Gasteiger partial charge in [-0.2, -0.15) is 0 Å². The Labute approximate surface area is 123 Å². The third-order valence-electron chi connectivity index (χ3n) is 4.42. The Morgan fingerprint density at radius 3 is 3.10 bits per heavy atom. The zero-order chi connectivity index (χ0) is 15.0. The van der Waals surface area contributed by atoms with Gasteiger partial charge in [0.1, 0.15) is 11.6 Å². The standard InChI is InChI=1S/C16H20FNO3/c1-10(19)11-3-2-6-18(9-11)16(20)15-8-12-7-13(17)4-5-14(12)21-15/h4-5,7,10-11,15,19H,2-3,6,8-9H2,1H3. The van der Waals surface area contributed by atoms with Crippen LogP contribution in [0.15, 0.2) is 18.2 Å². The van der Waals surface area contributed by atoms with Crippen LogP contribution in [-0.4, -0.2) is 41.2 Å². The van der Waals surface area contributed by atoms with Crippen molar-refractivity contribution in [1.29, 1.82) is 0 Å². The van der Waals surface area contributed by atoms with Crippen LogP contribution in [0.3, 0.4) is 0 Å². The van der Waals surface area contributed by atoms with E-state index in [4.69, 9.17) is 4.74 Å². The Balaban J connectivity index is 1.67. The predicted molar refractivity (Wildman–Crippen MR) is 75.5 cm³/mol. The molecule has 114 valence electrons. The predicted octanol–water partition coefficient (Wildman–Crippen LogP) is 1.75. The highest BCUT2D eigenvalue weighted by Gasteiger charge is 2.35. The quantitative estimate of drug-likeness (QED) is 0.904. The second-order valence-corrected chi connectivity index (χ2v) is 5.99. The Morgan fingerprint density at radius 1 is 1.52 bits per heavy atom. The summed E-state index contributed by atoms with van der Waals surface area (Å²) in [4.78, 5) is 14.3. The number of aliphatic hydroxyl groups excluding tert-OH is 1. The Kier molecular flexibility index (Phi) is 3.85. The highest BCUT2D eigenvalue weighted by atomic mass is 19.1. The van der Waals surface area contributed by atoms with E-state index in [-0.39, 0.29) is 17.6 Å². The molecule has 1 amide bonds. The first-order valence-electron chi connectivity index (χ1n) is 7.46. The number of likely N-dealkylation sites (tertiary alicyclic amines) is 1. The van der Waals surface area contributed by atoms with E-state index >= 15 is 0 Å². The molecule has 1 fully saturated rings. The van der Waals surface area contributed by atoms with Crippen molar-refractivity contribution in [2.45, 2.75) is 38.4 Å². The fourth-order valence-corrected chi connectivity index (χ4v) is 3.16. The van der Waals surface area contributed by atoms with Crippen LogP contribution < -0.4 is 4.74 Å². The summed E-state index contributed by atoms with van der Waals surface area (Å²) in [6, 6.07) is 4.35. The fourth-order valence-electron chi connectivity index (χ4n) is 3.16. The van der Waals surface area contributed by atoms with Crippen LogP contribution in [0.5, 0.6) is 5.75 Å². The van der Waals surface area contributed by atoms with Gasteiger partial charge in [-0.15, -0.1) is 0 Å². The van der Waals surface area contributed by atoms with Gasteiger partial charge in [-0.1, -0.05) is 0 Å². The molecule has 21 heavy (non-hydrogen) atoms. The van der Waals surface area contributed by atoms with Crippen molar-refractivity contribution >= 4 is 5.91 Å². The van der Waals surface area contributed by atoms with Gasteiger partial charge in [-0.3, -0.25) is 4.79 Å². The largest absolute Gasteiger partial charge is 0.480 e. The Bertz CT molecular complexity index is 546. The molecule has 0 aliphatic carbocycles. The van der Waals surface area contributed by atoms with Gasteiger partial charge in [-0.05, 0) is 38.0 Å². The van der Waals surface area contributed by atoms with Crippen LogP contribution in [-0.2, 0) is 11.2 Å². The van der Waals surface area contributed by atoms with Crippen molar-refractivity contribution in [1.82, 2.24) is 4.90 Å². The molecule has 1 aromatic carbocycles. The molecule has 0 spiro atoms. The topological polar surface area (TPSA) is 49.8 Å². The van der Waals surface area contributed by atoms with Crippen molar-refractivity contribution in [2.75, 3.05) is 13.1 Å². The number of carbonyl (C=O) groups excluding carboxylic acids is 1. The number of benzene rings is 1. The lowest BCUT2D eigenvalue weighted by Crippen LogP contribution is -2.48. The highest BCUT2D eigenvalue weighted by molar-refractivity contribution is 5.82. The number of aliphatic hydroxyl groups is 1. The molecule has 2 aliphatic heterocycles. The molecule has 3 atom stereocenters. The summed E-state index contributed by atoms with van der Waals surface area (Å²) in [5, 5.41) is 9.70. The zero-order valence-corrected chi connectivity index (χ0v) is 12.1. The number of ether oxygens (including phenoxy) is 1. The van der Waals surface area contributed by atoms with Crippen LogP contribution in [0, 0.1) is 11.7 Å². The van der Waals surface area contributed by atoms with E-state index in [0.717, 1.165) is 18.4 Å². The van der Waals surface area contributed by atoms with Gasteiger partial charge in [0, 0.05) is 31.0 Å². The van der Waals surface area contributed by atoms with Crippen molar-refractivity contribution in [3.8, 4) is 5.75 Å². The summed E-state index contributed by atoms with van der Waals surface area (Å²) in [5.41, 5.74) is 0.748. The van der Waals surface area contributed by atoms with Crippen molar-refractivity contribution in [2.24, 2.45) is 5.92 Å². The number of hydrogen-bond acceptors (Lipinski definition) is 3. The van der Waals surface area contributed by atoms with Gasteiger partial charge in [0.05, 0.1) is 6.10 Å². The molecule has 3 unspecified atom stereocenters. The molecular weight excluding hydrogens is 273 g/mol. The number of carbonyl (C=O) groups is 1. The molecule has 1 saturated heterocycles. The van der Waals surface area contributed by atoms with Crippen LogP contribution in [0.1, 0.15) is 25.3 Å². The normalized spacial score (nSPS) is 26.1. The SMILES string of the molecule is CC(O)C1CCCN(C(=O)C2Cc3cc(F)ccc3O2)C1. The molecule has 1 aromatic rings. The second-order valence-electron chi connectivity index (χ2n) is 5.99. The minimum Gasteiger partial charge on any atom is -0.480 e. The van der Waals surface area contributed by atoms with E-state index in [2.05, 4.69) is 0 Å². The number of piperidine rings is 1. The zero-order valence-electron chi connectivity index (χ0n) is 12.1. The first-order valence-corrected chi connectivity index (χ1v) is 7.46. The number of nitrogens with zero attached hydrogens (tertiary/aromatic N) is 1. The van der Waals surface area contributed by atoms with E-state index < -0.39 is 12.2 Å². The molecule has 1 N–H and O–H groups in total. The third kappa shape index (κ3) is 2.88. The van der Waals surface area contributed by atoms with Gasteiger partial charge < -0.3 is 14.7 Å². The lowest BCUT2D eigenvalue weighted by Gasteiger charge is -2.35. The lowest BCUT2D eigenvalue weighted by atomic mass is 9.93. The van der Waals surface area contributed by atoms with Gasteiger partial charge in [0.25, 0.3) is 5.91 Å². The first-order chi connectivity index (χ1) is 10.0. The van der Waals surface area contributed by atoms with Crippen molar-refractivity contribution < 1.29 is 19.0 Å². The maximum atomic E-state index is 13.2. The van der Waals surface area contributed by atoms with E-state index in [1.165, 1.54) is 12.1 Å². The average Bonchev–Trinajstić information content (AvgIpc) is 2.89. The summed E-state index contributed by atoms with van der Waals surface area (Å²) < 4.78 is 18.9. The number of fused-ring (bicyclic) bond motifs is 1. The molecule has 5 heteroatoms. The highest BCUT2D eigenvalue weighted by Crippen LogP contribution is 2.31. The minimum absolute atomic E-state index is 0.0584. The number of hydrogen-bond donors (Lipinski definition) is 1. The van der Waals surface area contributed by atoms with E-state index in [0.29, 0.717) is 25.3 Å². The molecule has 0 aromatic heterocycles. The molecule has 0 bridgehead atoms. The number of halogens is 1. The molecular formula is C16H20FNO3. The molecule has 4 nitrogen and oxygen atoms in total. The summed E-state index contributed by atoms with van der Waals surface area (Å²) in [5.74, 6) is 0.359. The second kappa shape index (κ2) is 5.64. The van der Waals surface area contributed by atoms with Gasteiger partial charge in [0.15, 0.2) is 6.10 Å². The van der Waals surface area contributed by atoms with E-state index in [1.54, 1.807) is 17.9 Å². The summed E-state index contributed by atoms with van der Waals surface area (Å²) in [6.07, 6.45) is 1.29. The molecule has 2 aliphatic rings. The van der Waals surface area contributed by atoms with Crippen LogP contribution in [0.25, 0.3) is 0 Å². The van der Waals surface area contributed by atoms with Crippen molar-refractivity contribution in [3.05, 3.63) is 29.6 Å². The van der Waals surface area contributed by atoms with Gasteiger partial charge >= 0.3 is 0 Å². The van der Waals surface area contributed by atoms with Crippen molar-refractivity contribution in [3.63, 3.8) is 0 Å². The van der Waals surface area contributed by atoms with Crippen LogP contribution in [0.4, 0.5) is 4.39 Å². The number of rotatable bonds is 2. The summed E-state index contributed by atoms with van der Waals surface area (Å²) in [6.45, 7) is 3.04. The van der Waals surface area contributed by atoms with Crippen LogP contribution in [0.2, 0.25) is 0 Å². The van der Waals surface area contributed by atoms with E-state index in [9.17, 15) is 14.3 Å². The smallest absolute Gasteiger partial charge is 0.264 e. The van der Waals surface area contributed by atoms with E-state index in [1.807, 2.05) is 0 Å². The minimum atomic E-state index is -0.561. The molecule has 0 radical (unpaired) electrons. The molecule has 0 saturated carbocycles. The monoisotopic (exact) mass is 293 g/mol. The molecule has 2 heterocycles. The Hall–Kier alpha value is -1.62. The van der Waals surface area contributed by atoms with Gasteiger partial charge in [0.2, 0.25) is 0 Å². The maximum Gasteiger partial charge on any atom is 0.264 e. The molecule has 3 rings (SSSR count). The number of amides is 1. The summed E-state index contributed by atoms with van der Waals surface area (Å²) >= 11 is 0. The van der Waals surface area contributed by atoms with Crippen LogP contribution >= 0.6 is 0 Å². The maximum absolute atomic E-state index is 13.2. The summed E-state index contributed by atoms with van der Waals surface area (Å²) in [7, 11) is 0. The first kappa shape index (κ1) is 14.3. The lowest BCUT2D eigenvalue weighted by molar-refractivity contribution is -0.140. The third-order valence-corrected chi connectivity index (χ3v) is 4.42.